The molecule has 29 heavy (non-hydrogen) atoms. The molecule has 2 aromatic carbocycles. The molecule has 10 heteroatoms. The first-order valence-corrected chi connectivity index (χ1v) is 11.6. The van der Waals surface area contributed by atoms with E-state index in [9.17, 15) is 13.2 Å². The number of nitrogens with zero attached hydrogens (tertiary/aromatic N) is 2. The van der Waals surface area contributed by atoms with Crippen molar-refractivity contribution in [3.63, 3.8) is 0 Å². The molecule has 152 valence electrons. The van der Waals surface area contributed by atoms with Gasteiger partial charge in [-0.1, -0.05) is 36.9 Å². The Morgan fingerprint density at radius 3 is 2.52 bits per heavy atom. The summed E-state index contributed by atoms with van der Waals surface area (Å²) in [7, 11) is -3.34. The van der Waals surface area contributed by atoms with Crippen molar-refractivity contribution in [2.75, 3.05) is 22.0 Å². The number of carbonyl (C=O) groups is 1. The van der Waals surface area contributed by atoms with Crippen LogP contribution in [0.2, 0.25) is 0 Å². The van der Waals surface area contributed by atoms with Crippen molar-refractivity contribution in [3.8, 4) is 11.5 Å². The Kier molecular flexibility index (Phi) is 6.55. The lowest BCUT2D eigenvalue weighted by molar-refractivity contribution is -0.113. The van der Waals surface area contributed by atoms with Crippen molar-refractivity contribution < 1.29 is 17.6 Å². The molecule has 8 nitrogen and oxygen atoms in total. The maximum atomic E-state index is 12.2. The van der Waals surface area contributed by atoms with Crippen LogP contribution in [0.4, 0.5) is 11.4 Å². The topological polar surface area (TPSA) is 114 Å². The zero-order chi connectivity index (χ0) is 20.9. The molecule has 3 aromatic rings. The molecule has 0 aliphatic carbocycles. The van der Waals surface area contributed by atoms with Gasteiger partial charge in [-0.05, 0) is 42.3 Å². The Labute approximate surface area is 173 Å². The minimum absolute atomic E-state index is 0.136. The number of hydrogen-bond acceptors (Lipinski definition) is 7. The zero-order valence-electron chi connectivity index (χ0n) is 15.9. The van der Waals surface area contributed by atoms with Crippen LogP contribution >= 0.6 is 11.8 Å². The number of anilines is 2. The highest BCUT2D eigenvalue weighted by molar-refractivity contribution is 7.99. The Hall–Kier alpha value is -2.85. The number of aryl methyl sites for hydroxylation is 1. The third-order valence-corrected chi connectivity index (χ3v) is 5.27. The van der Waals surface area contributed by atoms with Gasteiger partial charge in [0, 0.05) is 16.9 Å². The standard InChI is InChI=1S/C19H20N4O4S2/c1-3-13-6-4-5-7-16(13)20-17(24)12-28-19-22-21-18(27-19)14-8-10-15(11-9-14)23-29(2,25)26/h4-11,23H,3,12H2,1-2H3,(H,20,24). The molecule has 1 heterocycles. The number of carbonyl (C=O) groups excluding carboxylic acids is 1. The van der Waals surface area contributed by atoms with Crippen molar-refractivity contribution in [2.45, 2.75) is 18.6 Å². The highest BCUT2D eigenvalue weighted by Gasteiger charge is 2.12. The van der Waals surface area contributed by atoms with Crippen LogP contribution in [0, 0.1) is 0 Å². The zero-order valence-corrected chi connectivity index (χ0v) is 17.5. The summed E-state index contributed by atoms with van der Waals surface area (Å²) in [5.41, 5.74) is 2.95. The summed E-state index contributed by atoms with van der Waals surface area (Å²) in [6.07, 6.45) is 1.91. The van der Waals surface area contributed by atoms with E-state index in [1.54, 1.807) is 24.3 Å². The molecule has 0 aliphatic heterocycles. The molecule has 0 radical (unpaired) electrons. The van der Waals surface area contributed by atoms with Crippen LogP contribution < -0.4 is 10.0 Å². The molecule has 3 rings (SSSR count). The predicted molar refractivity (Wildman–Crippen MR) is 113 cm³/mol. The van der Waals surface area contributed by atoms with E-state index in [0.29, 0.717) is 11.3 Å². The minimum atomic E-state index is -3.34. The molecular weight excluding hydrogens is 412 g/mol. The number of para-hydroxylation sites is 1. The fourth-order valence-corrected chi connectivity index (χ4v) is 3.67. The van der Waals surface area contributed by atoms with Crippen LogP contribution in [0.3, 0.4) is 0 Å². The molecule has 2 N–H and O–H groups in total. The van der Waals surface area contributed by atoms with E-state index in [0.717, 1.165) is 35.7 Å². The number of amides is 1. The quantitative estimate of drug-likeness (QED) is 0.524. The van der Waals surface area contributed by atoms with E-state index in [4.69, 9.17) is 4.42 Å². The third-order valence-electron chi connectivity index (χ3n) is 3.84. The van der Waals surface area contributed by atoms with Crippen molar-refractivity contribution in [2.24, 2.45) is 0 Å². The smallest absolute Gasteiger partial charge is 0.277 e. The SMILES string of the molecule is CCc1ccccc1NC(=O)CSc1nnc(-c2ccc(NS(C)(=O)=O)cc2)o1. The molecule has 0 bridgehead atoms. The van der Waals surface area contributed by atoms with Crippen LogP contribution in [-0.2, 0) is 21.2 Å². The number of aromatic nitrogens is 2. The van der Waals surface area contributed by atoms with Gasteiger partial charge >= 0.3 is 0 Å². The van der Waals surface area contributed by atoms with Crippen molar-refractivity contribution in [3.05, 3.63) is 54.1 Å². The molecule has 0 saturated heterocycles. The number of sulfonamides is 1. The van der Waals surface area contributed by atoms with E-state index >= 15 is 0 Å². The summed E-state index contributed by atoms with van der Waals surface area (Å²) >= 11 is 1.14. The fourth-order valence-electron chi connectivity index (χ4n) is 2.54. The van der Waals surface area contributed by atoms with Crippen LogP contribution in [-0.4, -0.2) is 36.5 Å². The highest BCUT2D eigenvalue weighted by atomic mass is 32.2. The average Bonchev–Trinajstić information content (AvgIpc) is 3.15. The molecule has 0 atom stereocenters. The Morgan fingerprint density at radius 2 is 1.83 bits per heavy atom. The van der Waals surface area contributed by atoms with Gasteiger partial charge in [-0.2, -0.15) is 0 Å². The predicted octanol–water partition coefficient (Wildman–Crippen LogP) is 3.40. The second-order valence-corrected chi connectivity index (χ2v) is 8.85. The summed E-state index contributed by atoms with van der Waals surface area (Å²) < 4.78 is 30.5. The second-order valence-electron chi connectivity index (χ2n) is 6.17. The Morgan fingerprint density at radius 1 is 1.10 bits per heavy atom. The number of rotatable bonds is 8. The van der Waals surface area contributed by atoms with Gasteiger partial charge in [-0.15, -0.1) is 10.2 Å². The third kappa shape index (κ3) is 6.06. The maximum Gasteiger partial charge on any atom is 0.277 e. The van der Waals surface area contributed by atoms with Gasteiger partial charge in [0.1, 0.15) is 0 Å². The second kappa shape index (κ2) is 9.10. The summed E-state index contributed by atoms with van der Waals surface area (Å²) in [6.45, 7) is 2.03. The van der Waals surface area contributed by atoms with Crippen molar-refractivity contribution in [1.29, 1.82) is 0 Å². The van der Waals surface area contributed by atoms with E-state index in [1.807, 2.05) is 31.2 Å². The van der Waals surface area contributed by atoms with Gasteiger partial charge in [-0.25, -0.2) is 8.42 Å². The van der Waals surface area contributed by atoms with Crippen LogP contribution in [0.25, 0.3) is 11.5 Å². The van der Waals surface area contributed by atoms with Crippen molar-refractivity contribution in [1.82, 2.24) is 10.2 Å². The van der Waals surface area contributed by atoms with E-state index < -0.39 is 10.0 Å². The Balaban J connectivity index is 1.58. The van der Waals surface area contributed by atoms with Gasteiger partial charge in [0.05, 0.1) is 12.0 Å². The van der Waals surface area contributed by atoms with E-state index in [1.165, 1.54) is 0 Å². The number of hydrogen-bond donors (Lipinski definition) is 2. The fraction of sp³-hybridized carbons (Fsp3) is 0.211. The molecule has 1 amide bonds. The molecule has 0 unspecified atom stereocenters. The van der Waals surface area contributed by atoms with Gasteiger partial charge in [0.15, 0.2) is 0 Å². The summed E-state index contributed by atoms with van der Waals surface area (Å²) in [5.74, 6) is 0.263. The molecule has 0 saturated carbocycles. The average molecular weight is 433 g/mol. The number of benzene rings is 2. The molecule has 0 aliphatic rings. The monoisotopic (exact) mass is 432 g/mol. The molecule has 0 fully saturated rings. The van der Waals surface area contributed by atoms with Gasteiger partial charge in [-0.3, -0.25) is 9.52 Å². The molecular formula is C19H20N4O4S2. The van der Waals surface area contributed by atoms with E-state index in [2.05, 4.69) is 20.2 Å². The van der Waals surface area contributed by atoms with Crippen LogP contribution in [0.5, 0.6) is 0 Å². The van der Waals surface area contributed by atoms with Crippen LogP contribution in [0.1, 0.15) is 12.5 Å². The van der Waals surface area contributed by atoms with E-state index in [-0.39, 0.29) is 22.8 Å². The Bertz CT molecular complexity index is 1100. The molecule has 1 aromatic heterocycles. The summed E-state index contributed by atoms with van der Waals surface area (Å²) in [5, 5.41) is 11.1. The van der Waals surface area contributed by atoms with Gasteiger partial charge in [0.25, 0.3) is 5.22 Å². The van der Waals surface area contributed by atoms with Crippen molar-refractivity contribution >= 4 is 39.1 Å². The maximum absolute atomic E-state index is 12.2. The lowest BCUT2D eigenvalue weighted by Crippen LogP contribution is -2.15. The first-order chi connectivity index (χ1) is 13.8. The number of thioether (sulfide) groups is 1. The summed E-state index contributed by atoms with van der Waals surface area (Å²) in [4.78, 5) is 12.2. The molecule has 0 spiro atoms. The lowest BCUT2D eigenvalue weighted by atomic mass is 10.1. The van der Waals surface area contributed by atoms with Gasteiger partial charge in [0.2, 0.25) is 21.8 Å². The summed E-state index contributed by atoms with van der Waals surface area (Å²) in [6, 6.07) is 14.2. The van der Waals surface area contributed by atoms with Crippen LogP contribution in [0.15, 0.2) is 58.2 Å². The van der Waals surface area contributed by atoms with Gasteiger partial charge < -0.3 is 9.73 Å². The highest BCUT2D eigenvalue weighted by Crippen LogP contribution is 2.25. The largest absolute Gasteiger partial charge is 0.411 e. The normalized spacial score (nSPS) is 11.2. The lowest BCUT2D eigenvalue weighted by Gasteiger charge is -2.08. The minimum Gasteiger partial charge on any atom is -0.411 e. The first-order valence-electron chi connectivity index (χ1n) is 8.76. The number of nitrogens with one attached hydrogen (secondary N) is 2. The first kappa shape index (κ1) is 20.9.